The largest absolute Gasteiger partial charge is 0.360 e. The Morgan fingerprint density at radius 2 is 2.00 bits per heavy atom. The lowest BCUT2D eigenvalue weighted by Crippen LogP contribution is -2.50. The molecule has 0 aliphatic carbocycles. The van der Waals surface area contributed by atoms with E-state index in [1.54, 1.807) is 13.0 Å². The van der Waals surface area contributed by atoms with Crippen molar-refractivity contribution < 1.29 is 22.1 Å². The quantitative estimate of drug-likeness (QED) is 0.831. The van der Waals surface area contributed by atoms with Gasteiger partial charge in [-0.3, -0.25) is 9.69 Å². The van der Waals surface area contributed by atoms with Crippen molar-refractivity contribution in [2.75, 3.05) is 38.0 Å². The fourth-order valence-electron chi connectivity index (χ4n) is 2.72. The number of halogens is 1. The van der Waals surface area contributed by atoms with Crippen LogP contribution in [-0.4, -0.2) is 61.4 Å². The Kier molecular flexibility index (Phi) is 5.35. The summed E-state index contributed by atoms with van der Waals surface area (Å²) in [5.41, 5.74) is 0. The Balaban J connectivity index is 1.54. The van der Waals surface area contributed by atoms with Crippen LogP contribution in [0, 0.1) is 12.7 Å². The van der Waals surface area contributed by atoms with Crippen LogP contribution in [0.5, 0.6) is 0 Å². The van der Waals surface area contributed by atoms with Gasteiger partial charge in [0.25, 0.3) is 0 Å². The van der Waals surface area contributed by atoms with Crippen LogP contribution >= 0.6 is 0 Å². The van der Waals surface area contributed by atoms with E-state index in [4.69, 9.17) is 4.52 Å². The molecule has 1 aliphatic heterocycles. The number of benzene rings is 1. The number of nitrogens with zero attached hydrogens (tertiary/aromatic N) is 3. The molecule has 0 unspecified atom stereocenters. The molecule has 0 spiro atoms. The molecule has 140 valence electrons. The number of carbonyl (C=O) groups excluding carboxylic acids is 1. The van der Waals surface area contributed by atoms with Crippen LogP contribution in [0.25, 0.3) is 0 Å². The number of aromatic nitrogens is 1. The average Bonchev–Trinajstić information content (AvgIpc) is 3.00. The van der Waals surface area contributed by atoms with Gasteiger partial charge >= 0.3 is 0 Å². The molecule has 1 amide bonds. The summed E-state index contributed by atoms with van der Waals surface area (Å²) in [5.74, 6) is 0.0977. The van der Waals surface area contributed by atoms with Crippen LogP contribution in [0.1, 0.15) is 5.76 Å². The Morgan fingerprint density at radius 3 is 2.62 bits per heavy atom. The first-order chi connectivity index (χ1) is 12.3. The standard InChI is InChI=1S/C16H19FN4O4S/c1-12-9-15(19-25-12)18-16(22)11-20-5-7-21(8-6-20)26(23,24)14-4-2-3-13(17)10-14/h2-4,9-10H,5-8,11H2,1H3,(H,18,19,22). The molecule has 1 aromatic carbocycles. The van der Waals surface area contributed by atoms with Crippen molar-refractivity contribution >= 4 is 21.7 Å². The molecule has 8 nitrogen and oxygen atoms in total. The number of rotatable bonds is 5. The number of carbonyl (C=O) groups is 1. The molecule has 2 heterocycles. The number of nitrogens with one attached hydrogen (secondary N) is 1. The maximum atomic E-state index is 13.3. The highest BCUT2D eigenvalue weighted by Gasteiger charge is 2.29. The lowest BCUT2D eigenvalue weighted by molar-refractivity contribution is -0.117. The molecule has 3 rings (SSSR count). The zero-order valence-corrected chi connectivity index (χ0v) is 15.0. The zero-order chi connectivity index (χ0) is 18.7. The normalized spacial score (nSPS) is 16.5. The Bertz CT molecular complexity index is 891. The van der Waals surface area contributed by atoms with E-state index in [1.807, 2.05) is 4.90 Å². The number of amides is 1. The van der Waals surface area contributed by atoms with E-state index in [0.717, 1.165) is 6.07 Å². The number of sulfonamides is 1. The van der Waals surface area contributed by atoms with E-state index in [0.29, 0.717) is 24.7 Å². The molecule has 10 heteroatoms. The van der Waals surface area contributed by atoms with Gasteiger partial charge in [0.2, 0.25) is 15.9 Å². The third-order valence-electron chi connectivity index (χ3n) is 4.03. The zero-order valence-electron chi connectivity index (χ0n) is 14.2. The van der Waals surface area contributed by atoms with Gasteiger partial charge in [0, 0.05) is 32.2 Å². The summed E-state index contributed by atoms with van der Waals surface area (Å²) < 4.78 is 44.6. The Hall–Kier alpha value is -2.30. The SMILES string of the molecule is Cc1cc(NC(=O)CN2CCN(S(=O)(=O)c3cccc(F)c3)CC2)no1. The van der Waals surface area contributed by atoms with Crippen molar-refractivity contribution in [1.29, 1.82) is 0 Å². The second-order valence-corrected chi connectivity index (χ2v) is 7.95. The van der Waals surface area contributed by atoms with Crippen LogP contribution in [0.3, 0.4) is 0 Å². The maximum Gasteiger partial charge on any atom is 0.243 e. The molecule has 1 aromatic heterocycles. The van der Waals surface area contributed by atoms with Crippen molar-refractivity contribution in [3.63, 3.8) is 0 Å². The summed E-state index contributed by atoms with van der Waals surface area (Å²) in [6.07, 6.45) is 0. The van der Waals surface area contributed by atoms with Gasteiger partial charge in [-0.1, -0.05) is 11.2 Å². The Morgan fingerprint density at radius 1 is 1.27 bits per heavy atom. The van der Waals surface area contributed by atoms with Gasteiger partial charge in [0.05, 0.1) is 11.4 Å². The van der Waals surface area contributed by atoms with Crippen LogP contribution in [-0.2, 0) is 14.8 Å². The first-order valence-electron chi connectivity index (χ1n) is 8.06. The van der Waals surface area contributed by atoms with E-state index >= 15 is 0 Å². The molecule has 0 saturated carbocycles. The fourth-order valence-corrected chi connectivity index (χ4v) is 4.17. The van der Waals surface area contributed by atoms with Crippen LogP contribution in [0.15, 0.2) is 39.8 Å². The first kappa shape index (κ1) is 18.5. The third-order valence-corrected chi connectivity index (χ3v) is 5.92. The topological polar surface area (TPSA) is 95.8 Å². The molecule has 0 atom stereocenters. The van der Waals surface area contributed by atoms with Crippen molar-refractivity contribution in [3.05, 3.63) is 41.9 Å². The van der Waals surface area contributed by atoms with Gasteiger partial charge in [0.15, 0.2) is 5.82 Å². The number of hydrogen-bond donors (Lipinski definition) is 1. The molecular formula is C16H19FN4O4S. The molecule has 1 N–H and O–H groups in total. The third kappa shape index (κ3) is 4.26. The highest BCUT2D eigenvalue weighted by molar-refractivity contribution is 7.89. The smallest absolute Gasteiger partial charge is 0.243 e. The van der Waals surface area contributed by atoms with Crippen molar-refractivity contribution in [3.8, 4) is 0 Å². The van der Waals surface area contributed by atoms with Gasteiger partial charge in [-0.05, 0) is 25.1 Å². The summed E-state index contributed by atoms with van der Waals surface area (Å²) in [7, 11) is -3.74. The molecule has 1 saturated heterocycles. The predicted molar refractivity (Wildman–Crippen MR) is 91.5 cm³/mol. The van der Waals surface area contributed by atoms with Gasteiger partial charge in [-0.15, -0.1) is 0 Å². The van der Waals surface area contributed by atoms with E-state index in [1.165, 1.54) is 22.5 Å². The molecular weight excluding hydrogens is 363 g/mol. The minimum Gasteiger partial charge on any atom is -0.360 e. The van der Waals surface area contributed by atoms with Crippen molar-refractivity contribution in [2.24, 2.45) is 0 Å². The van der Waals surface area contributed by atoms with Crippen LogP contribution in [0.4, 0.5) is 10.2 Å². The number of anilines is 1. The van der Waals surface area contributed by atoms with Gasteiger partial charge < -0.3 is 9.84 Å². The lowest BCUT2D eigenvalue weighted by Gasteiger charge is -2.33. The summed E-state index contributed by atoms with van der Waals surface area (Å²) >= 11 is 0. The van der Waals surface area contributed by atoms with E-state index in [2.05, 4.69) is 10.5 Å². The highest BCUT2D eigenvalue weighted by Crippen LogP contribution is 2.18. The van der Waals surface area contributed by atoms with Gasteiger partial charge in [-0.2, -0.15) is 4.31 Å². The van der Waals surface area contributed by atoms with E-state index in [9.17, 15) is 17.6 Å². The molecule has 0 radical (unpaired) electrons. The minimum absolute atomic E-state index is 0.0647. The summed E-state index contributed by atoms with van der Waals surface area (Å²) in [4.78, 5) is 13.8. The number of hydrogen-bond acceptors (Lipinski definition) is 6. The first-order valence-corrected chi connectivity index (χ1v) is 9.50. The molecule has 1 fully saturated rings. The summed E-state index contributed by atoms with van der Waals surface area (Å²) in [6.45, 7) is 3.12. The second-order valence-electron chi connectivity index (χ2n) is 6.01. The summed E-state index contributed by atoms with van der Waals surface area (Å²) in [6, 6.07) is 6.56. The van der Waals surface area contributed by atoms with Crippen molar-refractivity contribution in [2.45, 2.75) is 11.8 Å². The number of aryl methyl sites for hydroxylation is 1. The van der Waals surface area contributed by atoms with Gasteiger partial charge in [0.1, 0.15) is 11.6 Å². The summed E-state index contributed by atoms with van der Waals surface area (Å²) in [5, 5.41) is 6.31. The van der Waals surface area contributed by atoms with Crippen LogP contribution < -0.4 is 5.32 Å². The van der Waals surface area contributed by atoms with Crippen molar-refractivity contribution in [1.82, 2.24) is 14.4 Å². The maximum absolute atomic E-state index is 13.3. The number of piperazine rings is 1. The molecule has 26 heavy (non-hydrogen) atoms. The molecule has 1 aliphatic rings. The molecule has 0 bridgehead atoms. The highest BCUT2D eigenvalue weighted by atomic mass is 32.2. The van der Waals surface area contributed by atoms with E-state index < -0.39 is 15.8 Å². The predicted octanol–water partition coefficient (Wildman–Crippen LogP) is 1.07. The lowest BCUT2D eigenvalue weighted by atomic mass is 10.3. The average molecular weight is 382 g/mol. The van der Waals surface area contributed by atoms with Crippen LogP contribution in [0.2, 0.25) is 0 Å². The Labute approximate surface area is 150 Å². The van der Waals surface area contributed by atoms with E-state index in [-0.39, 0.29) is 30.4 Å². The second kappa shape index (κ2) is 7.52. The monoisotopic (exact) mass is 382 g/mol. The fraction of sp³-hybridized carbons (Fsp3) is 0.375. The van der Waals surface area contributed by atoms with Gasteiger partial charge in [-0.25, -0.2) is 12.8 Å². The minimum atomic E-state index is -3.74. The molecule has 2 aromatic rings.